The first kappa shape index (κ1) is 19.6. The van der Waals surface area contributed by atoms with Crippen LogP contribution in [0.1, 0.15) is 31.7 Å². The molecule has 0 radical (unpaired) electrons. The van der Waals surface area contributed by atoms with Crippen LogP contribution in [0.15, 0.2) is 66.0 Å². The summed E-state index contributed by atoms with van der Waals surface area (Å²) in [7, 11) is 0. The van der Waals surface area contributed by atoms with Gasteiger partial charge in [-0.1, -0.05) is 29.8 Å². The number of rotatable bonds is 4. The topological polar surface area (TPSA) is 58.6 Å². The Morgan fingerprint density at radius 2 is 1.83 bits per heavy atom. The standard InChI is InChI=1S/C22H19ClN2O3S/c23-17-7-3-15(4-8-17)19-14-25(11-12-28-19)22(27)16-5-9-18(10-6-16)24-21(26)20-2-1-13-29-20/h1-10,13,19H,11-12,14H2,(H,24,26). The summed E-state index contributed by atoms with van der Waals surface area (Å²) in [6.45, 7) is 1.51. The first-order chi connectivity index (χ1) is 14.1. The Balaban J connectivity index is 1.41. The largest absolute Gasteiger partial charge is 0.370 e. The zero-order valence-electron chi connectivity index (χ0n) is 15.5. The zero-order chi connectivity index (χ0) is 20.2. The monoisotopic (exact) mass is 426 g/mol. The van der Waals surface area contributed by atoms with E-state index in [4.69, 9.17) is 16.3 Å². The van der Waals surface area contributed by atoms with Crippen LogP contribution in [0.25, 0.3) is 0 Å². The second-order valence-corrected chi connectivity index (χ2v) is 8.06. The minimum Gasteiger partial charge on any atom is -0.370 e. The number of amides is 2. The molecule has 0 spiro atoms. The molecule has 1 unspecified atom stereocenters. The van der Waals surface area contributed by atoms with Crippen LogP contribution in [0, 0.1) is 0 Å². The normalized spacial score (nSPS) is 16.4. The molecule has 1 aliphatic heterocycles. The number of carbonyl (C=O) groups excluding carboxylic acids is 2. The summed E-state index contributed by atoms with van der Waals surface area (Å²) >= 11 is 7.34. The van der Waals surface area contributed by atoms with Crippen LogP contribution in [-0.2, 0) is 4.74 Å². The van der Waals surface area contributed by atoms with Crippen molar-refractivity contribution in [3.05, 3.63) is 87.1 Å². The number of ether oxygens (including phenoxy) is 1. The second kappa shape index (κ2) is 8.78. The highest BCUT2D eigenvalue weighted by Gasteiger charge is 2.26. The van der Waals surface area contributed by atoms with Crippen molar-refractivity contribution in [1.82, 2.24) is 4.90 Å². The summed E-state index contributed by atoms with van der Waals surface area (Å²) in [6.07, 6.45) is -0.172. The lowest BCUT2D eigenvalue weighted by Gasteiger charge is -2.33. The van der Waals surface area contributed by atoms with E-state index in [0.29, 0.717) is 40.8 Å². The Bertz CT molecular complexity index is 988. The van der Waals surface area contributed by atoms with E-state index in [1.807, 2.05) is 35.7 Å². The van der Waals surface area contributed by atoms with Crippen molar-refractivity contribution in [2.45, 2.75) is 6.10 Å². The van der Waals surface area contributed by atoms with Crippen molar-refractivity contribution in [3.63, 3.8) is 0 Å². The number of hydrogen-bond donors (Lipinski definition) is 1. The lowest BCUT2D eigenvalue weighted by Crippen LogP contribution is -2.42. The molecule has 2 amide bonds. The molecule has 0 bridgehead atoms. The fourth-order valence-electron chi connectivity index (χ4n) is 3.19. The number of nitrogens with one attached hydrogen (secondary N) is 1. The fourth-order valence-corrected chi connectivity index (χ4v) is 3.94. The van der Waals surface area contributed by atoms with Crippen LogP contribution in [0.5, 0.6) is 0 Å². The van der Waals surface area contributed by atoms with Gasteiger partial charge in [-0.05, 0) is 53.4 Å². The van der Waals surface area contributed by atoms with Crippen LogP contribution >= 0.6 is 22.9 Å². The third-order valence-electron chi connectivity index (χ3n) is 4.73. The number of halogens is 1. The summed E-state index contributed by atoms with van der Waals surface area (Å²) in [4.78, 5) is 27.5. The van der Waals surface area contributed by atoms with Crippen LogP contribution in [0.2, 0.25) is 5.02 Å². The Hall–Kier alpha value is -2.67. The first-order valence-electron chi connectivity index (χ1n) is 9.21. The second-order valence-electron chi connectivity index (χ2n) is 6.67. The van der Waals surface area contributed by atoms with Gasteiger partial charge in [0.2, 0.25) is 0 Å². The summed E-state index contributed by atoms with van der Waals surface area (Å²) < 4.78 is 5.83. The zero-order valence-corrected chi connectivity index (χ0v) is 17.1. The molecule has 1 fully saturated rings. The maximum Gasteiger partial charge on any atom is 0.265 e. The maximum absolute atomic E-state index is 12.9. The highest BCUT2D eigenvalue weighted by Crippen LogP contribution is 2.25. The number of carbonyl (C=O) groups is 2. The highest BCUT2D eigenvalue weighted by atomic mass is 35.5. The van der Waals surface area contributed by atoms with Crippen molar-refractivity contribution < 1.29 is 14.3 Å². The van der Waals surface area contributed by atoms with Gasteiger partial charge in [-0.25, -0.2) is 0 Å². The van der Waals surface area contributed by atoms with Crippen molar-refractivity contribution in [1.29, 1.82) is 0 Å². The lowest BCUT2D eigenvalue weighted by atomic mass is 10.1. The molecule has 1 atom stereocenters. The fraction of sp³-hybridized carbons (Fsp3) is 0.182. The summed E-state index contributed by atoms with van der Waals surface area (Å²) in [6, 6.07) is 18.1. The molecule has 29 heavy (non-hydrogen) atoms. The molecule has 1 aromatic heterocycles. The van der Waals surface area contributed by atoms with E-state index in [1.54, 1.807) is 35.2 Å². The number of morpholine rings is 1. The van der Waals surface area contributed by atoms with Gasteiger partial charge >= 0.3 is 0 Å². The predicted molar refractivity (Wildman–Crippen MR) is 115 cm³/mol. The molecule has 1 aliphatic rings. The SMILES string of the molecule is O=C(Nc1ccc(C(=O)N2CCOC(c3ccc(Cl)cc3)C2)cc1)c1cccs1. The Morgan fingerprint density at radius 1 is 1.07 bits per heavy atom. The number of anilines is 1. The molecule has 2 aromatic carbocycles. The lowest BCUT2D eigenvalue weighted by molar-refractivity contribution is -0.0228. The summed E-state index contributed by atoms with van der Waals surface area (Å²) in [5.74, 6) is -0.207. The van der Waals surface area contributed by atoms with E-state index in [-0.39, 0.29) is 17.9 Å². The first-order valence-corrected chi connectivity index (χ1v) is 10.5. The molecule has 4 rings (SSSR count). The van der Waals surface area contributed by atoms with Gasteiger partial charge in [0.15, 0.2) is 0 Å². The van der Waals surface area contributed by atoms with Crippen molar-refractivity contribution in [2.24, 2.45) is 0 Å². The molecule has 0 aliphatic carbocycles. The highest BCUT2D eigenvalue weighted by molar-refractivity contribution is 7.12. The third-order valence-corrected chi connectivity index (χ3v) is 5.85. The molecule has 1 N–H and O–H groups in total. The van der Waals surface area contributed by atoms with Crippen LogP contribution in [0.4, 0.5) is 5.69 Å². The van der Waals surface area contributed by atoms with Crippen molar-refractivity contribution >= 4 is 40.4 Å². The van der Waals surface area contributed by atoms with E-state index in [9.17, 15) is 9.59 Å². The van der Waals surface area contributed by atoms with E-state index >= 15 is 0 Å². The van der Waals surface area contributed by atoms with Gasteiger partial charge in [0.25, 0.3) is 11.8 Å². The van der Waals surface area contributed by atoms with Crippen molar-refractivity contribution in [2.75, 3.05) is 25.0 Å². The predicted octanol–water partition coefficient (Wildman–Crippen LogP) is 4.87. The van der Waals surface area contributed by atoms with Gasteiger partial charge in [0, 0.05) is 22.8 Å². The number of hydrogen-bond acceptors (Lipinski definition) is 4. The van der Waals surface area contributed by atoms with Crippen LogP contribution in [-0.4, -0.2) is 36.4 Å². The Labute approximate surface area is 177 Å². The minimum atomic E-state index is -0.172. The number of nitrogens with zero attached hydrogens (tertiary/aromatic N) is 1. The Kier molecular flexibility index (Phi) is 5.94. The quantitative estimate of drug-likeness (QED) is 0.647. The van der Waals surface area contributed by atoms with Crippen LogP contribution in [0.3, 0.4) is 0 Å². The molecule has 7 heteroatoms. The molecule has 0 saturated carbocycles. The van der Waals surface area contributed by atoms with E-state index in [1.165, 1.54) is 11.3 Å². The molecular formula is C22H19ClN2O3S. The van der Waals surface area contributed by atoms with Crippen LogP contribution < -0.4 is 5.32 Å². The molecule has 148 valence electrons. The summed E-state index contributed by atoms with van der Waals surface area (Å²) in [5.41, 5.74) is 2.23. The maximum atomic E-state index is 12.9. The van der Waals surface area contributed by atoms with E-state index in [0.717, 1.165) is 5.56 Å². The number of thiophene rings is 1. The molecule has 2 heterocycles. The van der Waals surface area contributed by atoms with Gasteiger partial charge in [-0.2, -0.15) is 0 Å². The van der Waals surface area contributed by atoms with Gasteiger partial charge in [-0.3, -0.25) is 9.59 Å². The molecule has 5 nitrogen and oxygen atoms in total. The van der Waals surface area contributed by atoms with Gasteiger partial charge in [0.05, 0.1) is 18.0 Å². The molecular weight excluding hydrogens is 408 g/mol. The minimum absolute atomic E-state index is 0.0524. The van der Waals surface area contributed by atoms with Gasteiger partial charge < -0.3 is 15.0 Å². The van der Waals surface area contributed by atoms with E-state index < -0.39 is 0 Å². The Morgan fingerprint density at radius 3 is 2.52 bits per heavy atom. The van der Waals surface area contributed by atoms with Gasteiger partial charge in [-0.15, -0.1) is 11.3 Å². The molecule has 3 aromatic rings. The molecule has 1 saturated heterocycles. The van der Waals surface area contributed by atoms with Crippen molar-refractivity contribution in [3.8, 4) is 0 Å². The average Bonchev–Trinajstić information content (AvgIpc) is 3.30. The van der Waals surface area contributed by atoms with Gasteiger partial charge in [0.1, 0.15) is 6.10 Å². The summed E-state index contributed by atoms with van der Waals surface area (Å²) in [5, 5.41) is 5.37. The number of benzene rings is 2. The average molecular weight is 427 g/mol. The van der Waals surface area contributed by atoms with E-state index in [2.05, 4.69) is 5.32 Å². The smallest absolute Gasteiger partial charge is 0.265 e. The third kappa shape index (κ3) is 4.67.